The summed E-state index contributed by atoms with van der Waals surface area (Å²) in [5, 5.41) is 0. The van der Waals surface area contributed by atoms with Gasteiger partial charge in [-0.15, -0.1) is 0 Å². The second-order valence-electron chi connectivity index (χ2n) is 7.51. The zero-order chi connectivity index (χ0) is 13.9. The molecule has 0 unspecified atom stereocenters. The van der Waals surface area contributed by atoms with Gasteiger partial charge in [-0.05, 0) is 36.2 Å². The van der Waals surface area contributed by atoms with E-state index < -0.39 is 0 Å². The third-order valence-electron chi connectivity index (χ3n) is 5.08. The average Bonchev–Trinajstić information content (AvgIpc) is 2.36. The Morgan fingerprint density at radius 3 is 2.42 bits per heavy atom. The lowest BCUT2D eigenvalue weighted by Crippen LogP contribution is -2.28. The molecule has 0 aliphatic heterocycles. The van der Waals surface area contributed by atoms with Gasteiger partial charge in [0.2, 0.25) is 0 Å². The van der Waals surface area contributed by atoms with E-state index in [2.05, 4.69) is 58.1 Å². The second kappa shape index (κ2) is 5.69. The summed E-state index contributed by atoms with van der Waals surface area (Å²) < 4.78 is 0. The molecule has 0 spiro atoms. The minimum Gasteiger partial charge on any atom is -0.0839 e. The van der Waals surface area contributed by atoms with Crippen molar-refractivity contribution in [2.75, 3.05) is 0 Å². The first kappa shape index (κ1) is 14.6. The lowest BCUT2D eigenvalue weighted by molar-refractivity contribution is 0.200. The summed E-state index contributed by atoms with van der Waals surface area (Å²) in [6.07, 6.45) is 20.1. The molecular weight excluding hydrogens is 228 g/mol. The third-order valence-corrected chi connectivity index (χ3v) is 5.08. The Bertz CT molecular complexity index is 384. The van der Waals surface area contributed by atoms with Crippen LogP contribution in [-0.2, 0) is 0 Å². The van der Waals surface area contributed by atoms with Crippen molar-refractivity contribution < 1.29 is 0 Å². The molecule has 1 fully saturated rings. The van der Waals surface area contributed by atoms with E-state index in [1.807, 2.05) is 0 Å². The van der Waals surface area contributed by atoms with Gasteiger partial charge in [-0.1, -0.05) is 77.3 Å². The predicted octanol–water partition coefficient (Wildman–Crippen LogP) is 6.06. The summed E-state index contributed by atoms with van der Waals surface area (Å²) in [6.45, 7) is 9.49. The third kappa shape index (κ3) is 3.61. The molecule has 0 amide bonds. The van der Waals surface area contributed by atoms with E-state index in [1.54, 1.807) is 5.57 Å². The lowest BCUT2D eigenvalue weighted by atomic mass is 9.66. The Balaban J connectivity index is 2.21. The first-order valence-corrected chi connectivity index (χ1v) is 7.99. The van der Waals surface area contributed by atoms with E-state index >= 15 is 0 Å². The van der Waals surface area contributed by atoms with Crippen LogP contribution < -0.4 is 0 Å². The van der Waals surface area contributed by atoms with Gasteiger partial charge in [-0.2, -0.15) is 0 Å². The van der Waals surface area contributed by atoms with Gasteiger partial charge in [0, 0.05) is 5.41 Å². The first-order chi connectivity index (χ1) is 8.92. The monoisotopic (exact) mass is 258 g/mol. The van der Waals surface area contributed by atoms with E-state index in [0.29, 0.717) is 5.41 Å². The highest BCUT2D eigenvalue weighted by Crippen LogP contribution is 2.44. The number of hydrogen-bond acceptors (Lipinski definition) is 0. The Kier molecular flexibility index (Phi) is 4.38. The Hall–Kier alpha value is -0.780. The van der Waals surface area contributed by atoms with Crippen LogP contribution in [0.5, 0.6) is 0 Å². The highest BCUT2D eigenvalue weighted by atomic mass is 14.4. The van der Waals surface area contributed by atoms with Crippen molar-refractivity contribution in [3.05, 3.63) is 36.0 Å². The molecule has 1 saturated carbocycles. The minimum absolute atomic E-state index is 0.197. The first-order valence-electron chi connectivity index (χ1n) is 7.99. The van der Waals surface area contributed by atoms with Crippen LogP contribution >= 0.6 is 0 Å². The molecule has 2 aliphatic carbocycles. The van der Waals surface area contributed by atoms with E-state index in [-0.39, 0.29) is 5.41 Å². The lowest BCUT2D eigenvalue weighted by Gasteiger charge is -2.39. The summed E-state index contributed by atoms with van der Waals surface area (Å²) in [5.74, 6) is 0.865. The summed E-state index contributed by atoms with van der Waals surface area (Å²) in [4.78, 5) is 0. The van der Waals surface area contributed by atoms with Crippen LogP contribution in [0.3, 0.4) is 0 Å². The van der Waals surface area contributed by atoms with Crippen LogP contribution in [0.15, 0.2) is 36.0 Å². The zero-order valence-electron chi connectivity index (χ0n) is 13.2. The van der Waals surface area contributed by atoms with Gasteiger partial charge in [0.1, 0.15) is 0 Å². The molecule has 2 aliphatic rings. The van der Waals surface area contributed by atoms with E-state index in [0.717, 1.165) is 12.3 Å². The average molecular weight is 258 g/mol. The van der Waals surface area contributed by atoms with Crippen molar-refractivity contribution in [1.82, 2.24) is 0 Å². The molecule has 0 radical (unpaired) electrons. The van der Waals surface area contributed by atoms with Crippen molar-refractivity contribution in [1.29, 1.82) is 0 Å². The van der Waals surface area contributed by atoms with Crippen molar-refractivity contribution in [2.45, 2.75) is 66.2 Å². The van der Waals surface area contributed by atoms with E-state index in [4.69, 9.17) is 0 Å². The molecule has 106 valence electrons. The molecule has 0 aromatic carbocycles. The molecule has 2 rings (SSSR count). The predicted molar refractivity (Wildman–Crippen MR) is 85.1 cm³/mol. The largest absolute Gasteiger partial charge is 0.0839 e. The van der Waals surface area contributed by atoms with Crippen LogP contribution in [0.1, 0.15) is 66.2 Å². The maximum absolute atomic E-state index is 2.46. The number of allylic oxidation sites excluding steroid dienone is 6. The molecule has 0 bridgehead atoms. The molecule has 0 aromatic rings. The maximum atomic E-state index is 2.46. The van der Waals surface area contributed by atoms with Gasteiger partial charge in [-0.25, -0.2) is 0 Å². The van der Waals surface area contributed by atoms with E-state index in [1.165, 1.54) is 32.1 Å². The summed E-state index contributed by atoms with van der Waals surface area (Å²) in [7, 11) is 0. The van der Waals surface area contributed by atoms with E-state index in [9.17, 15) is 0 Å². The molecule has 0 heterocycles. The molecule has 0 N–H and O–H groups in total. The molecule has 0 saturated heterocycles. The quantitative estimate of drug-likeness (QED) is 0.528. The maximum Gasteiger partial charge on any atom is 0.000773 e. The Morgan fingerprint density at radius 2 is 1.74 bits per heavy atom. The Labute approximate surface area is 119 Å². The zero-order valence-corrected chi connectivity index (χ0v) is 13.2. The topological polar surface area (TPSA) is 0 Å². The SMILES string of the molecule is CC1(C)C=CC/C=C(C(C)(C)C2CCCCC2)\C=C/1. The second-order valence-corrected chi connectivity index (χ2v) is 7.51. The summed E-state index contributed by atoms with van der Waals surface area (Å²) in [5.41, 5.74) is 2.08. The molecule has 0 heteroatoms. The van der Waals surface area contributed by atoms with Gasteiger partial charge in [0.15, 0.2) is 0 Å². The standard InChI is InChI=1S/C19H30/c1-18(2)14-9-8-12-17(13-15-18)19(3,4)16-10-6-5-7-11-16/h9,12-16H,5-8,10-11H2,1-4H3/b14-9?,15-13-,17-12+. The van der Waals surface area contributed by atoms with Crippen LogP contribution in [0.25, 0.3) is 0 Å². The van der Waals surface area contributed by atoms with Crippen LogP contribution in [-0.4, -0.2) is 0 Å². The number of hydrogen-bond donors (Lipinski definition) is 0. The van der Waals surface area contributed by atoms with Gasteiger partial charge >= 0.3 is 0 Å². The number of rotatable bonds is 2. The van der Waals surface area contributed by atoms with Gasteiger partial charge in [0.25, 0.3) is 0 Å². The fraction of sp³-hybridized carbons (Fsp3) is 0.684. The van der Waals surface area contributed by atoms with Gasteiger partial charge < -0.3 is 0 Å². The molecular formula is C19H30. The highest BCUT2D eigenvalue weighted by molar-refractivity contribution is 5.31. The van der Waals surface area contributed by atoms with Gasteiger partial charge in [-0.3, -0.25) is 0 Å². The van der Waals surface area contributed by atoms with Crippen LogP contribution in [0, 0.1) is 16.7 Å². The fourth-order valence-corrected chi connectivity index (χ4v) is 3.53. The molecule has 19 heavy (non-hydrogen) atoms. The smallest absolute Gasteiger partial charge is 0.000773 e. The molecule has 0 nitrogen and oxygen atoms in total. The highest BCUT2D eigenvalue weighted by Gasteiger charge is 2.33. The van der Waals surface area contributed by atoms with Crippen molar-refractivity contribution in [3.63, 3.8) is 0 Å². The molecule has 0 aromatic heterocycles. The van der Waals surface area contributed by atoms with Crippen molar-refractivity contribution in [3.8, 4) is 0 Å². The fourth-order valence-electron chi connectivity index (χ4n) is 3.53. The Morgan fingerprint density at radius 1 is 1.05 bits per heavy atom. The summed E-state index contributed by atoms with van der Waals surface area (Å²) in [6, 6.07) is 0. The van der Waals surface area contributed by atoms with Crippen LogP contribution in [0.2, 0.25) is 0 Å². The minimum atomic E-state index is 0.197. The van der Waals surface area contributed by atoms with Gasteiger partial charge in [0.05, 0.1) is 0 Å². The molecule has 0 atom stereocenters. The summed E-state index contributed by atoms with van der Waals surface area (Å²) >= 11 is 0. The van der Waals surface area contributed by atoms with Crippen molar-refractivity contribution in [2.24, 2.45) is 16.7 Å². The van der Waals surface area contributed by atoms with Crippen LogP contribution in [0.4, 0.5) is 0 Å². The van der Waals surface area contributed by atoms with Crippen molar-refractivity contribution >= 4 is 0 Å². The normalized spacial score (nSPS) is 29.2.